The van der Waals surface area contributed by atoms with Gasteiger partial charge in [-0.2, -0.15) is 0 Å². The van der Waals surface area contributed by atoms with E-state index in [1.807, 2.05) is 27.7 Å². The van der Waals surface area contributed by atoms with E-state index in [1.54, 1.807) is 27.7 Å². The number of fused-ring (bicyclic) bond motifs is 1. The van der Waals surface area contributed by atoms with Crippen molar-refractivity contribution in [2.75, 3.05) is 12.4 Å². The van der Waals surface area contributed by atoms with E-state index < -0.39 is 0 Å². The van der Waals surface area contributed by atoms with Crippen molar-refractivity contribution in [3.05, 3.63) is 20.8 Å². The van der Waals surface area contributed by atoms with Gasteiger partial charge in [0.2, 0.25) is 0 Å². The van der Waals surface area contributed by atoms with E-state index in [0.29, 0.717) is 0 Å². The summed E-state index contributed by atoms with van der Waals surface area (Å²) in [5, 5.41) is 10.4. The van der Waals surface area contributed by atoms with Crippen molar-refractivity contribution in [2.24, 2.45) is 0 Å². The molecule has 2 aromatic heterocycles. The predicted molar refractivity (Wildman–Crippen MR) is 90.8 cm³/mol. The number of aliphatic hydroxyl groups is 1. The summed E-state index contributed by atoms with van der Waals surface area (Å²) in [6.45, 7) is 8.28. The third kappa shape index (κ3) is 3.33. The SMILES string of the molecule is Cc1sc2nc(SCCCCO)n(C(C)C)c(=O)c2c1C. The average Bonchev–Trinajstić information content (AvgIpc) is 2.70. The van der Waals surface area contributed by atoms with E-state index in [-0.39, 0.29) is 18.2 Å². The lowest BCUT2D eigenvalue weighted by Gasteiger charge is -2.15. The molecule has 4 nitrogen and oxygen atoms in total. The molecule has 0 fully saturated rings. The molecule has 21 heavy (non-hydrogen) atoms. The molecule has 0 bridgehead atoms. The maximum absolute atomic E-state index is 12.8. The number of nitrogens with zero attached hydrogens (tertiary/aromatic N) is 2. The van der Waals surface area contributed by atoms with Gasteiger partial charge in [0.1, 0.15) is 4.83 Å². The van der Waals surface area contributed by atoms with E-state index in [9.17, 15) is 4.79 Å². The molecule has 0 spiro atoms. The summed E-state index contributed by atoms with van der Waals surface area (Å²) >= 11 is 3.20. The number of hydrogen-bond donors (Lipinski definition) is 1. The maximum atomic E-state index is 12.8. The zero-order valence-corrected chi connectivity index (χ0v) is 14.6. The number of aliphatic hydroxyl groups excluding tert-OH is 1. The van der Waals surface area contributed by atoms with Gasteiger partial charge >= 0.3 is 0 Å². The highest BCUT2D eigenvalue weighted by atomic mass is 32.2. The smallest absolute Gasteiger partial charge is 0.263 e. The van der Waals surface area contributed by atoms with Crippen molar-refractivity contribution in [2.45, 2.75) is 51.7 Å². The fourth-order valence-electron chi connectivity index (χ4n) is 2.22. The highest BCUT2D eigenvalue weighted by molar-refractivity contribution is 7.99. The quantitative estimate of drug-likeness (QED) is 0.501. The Kier molecular flexibility index (Phi) is 5.46. The van der Waals surface area contributed by atoms with Gasteiger partial charge in [0.05, 0.1) is 5.39 Å². The van der Waals surface area contributed by atoms with E-state index in [4.69, 9.17) is 10.1 Å². The molecule has 1 N–H and O–H groups in total. The predicted octanol–water partition coefficient (Wildman–Crippen LogP) is 3.52. The standard InChI is InChI=1S/C15H22N2O2S2/c1-9(2)17-14(19)12-10(3)11(4)21-13(12)16-15(17)20-8-6-5-7-18/h9,18H,5-8H2,1-4H3. The Morgan fingerprint density at radius 1 is 1.33 bits per heavy atom. The fourth-order valence-corrected chi connectivity index (χ4v) is 4.42. The molecule has 0 atom stereocenters. The van der Waals surface area contributed by atoms with Crippen LogP contribution in [0.3, 0.4) is 0 Å². The molecule has 0 aliphatic heterocycles. The number of thiophene rings is 1. The van der Waals surface area contributed by atoms with Gasteiger partial charge in [-0.3, -0.25) is 9.36 Å². The highest BCUT2D eigenvalue weighted by Crippen LogP contribution is 2.29. The Bertz CT molecular complexity index is 689. The highest BCUT2D eigenvalue weighted by Gasteiger charge is 2.18. The second-order valence-corrected chi connectivity index (χ2v) is 7.67. The van der Waals surface area contributed by atoms with Gasteiger partial charge in [0, 0.05) is 23.3 Å². The summed E-state index contributed by atoms with van der Waals surface area (Å²) < 4.78 is 1.80. The molecule has 6 heteroatoms. The second kappa shape index (κ2) is 6.94. The number of hydrogen-bond acceptors (Lipinski definition) is 5. The minimum absolute atomic E-state index is 0.0708. The molecular weight excluding hydrogens is 304 g/mol. The summed E-state index contributed by atoms with van der Waals surface area (Å²) in [5.74, 6) is 0.870. The number of unbranched alkanes of at least 4 members (excludes halogenated alkanes) is 1. The van der Waals surface area contributed by atoms with Crippen LogP contribution in [0.1, 0.15) is 43.2 Å². The van der Waals surface area contributed by atoms with Crippen molar-refractivity contribution in [1.82, 2.24) is 9.55 Å². The molecule has 0 aliphatic carbocycles. The maximum Gasteiger partial charge on any atom is 0.263 e. The molecule has 2 heterocycles. The van der Waals surface area contributed by atoms with Gasteiger partial charge in [-0.05, 0) is 46.1 Å². The van der Waals surface area contributed by atoms with Crippen LogP contribution in [0.2, 0.25) is 0 Å². The third-order valence-corrected chi connectivity index (χ3v) is 5.64. The minimum atomic E-state index is 0.0708. The molecule has 0 saturated heterocycles. The van der Waals surface area contributed by atoms with Crippen LogP contribution in [0.5, 0.6) is 0 Å². The van der Waals surface area contributed by atoms with E-state index in [1.165, 1.54) is 0 Å². The summed E-state index contributed by atoms with van der Waals surface area (Å²) in [6, 6.07) is 0.0920. The van der Waals surface area contributed by atoms with Gasteiger partial charge in [0.25, 0.3) is 5.56 Å². The largest absolute Gasteiger partial charge is 0.396 e. The van der Waals surface area contributed by atoms with E-state index in [2.05, 4.69) is 0 Å². The van der Waals surface area contributed by atoms with E-state index in [0.717, 1.165) is 44.4 Å². The molecule has 0 saturated carbocycles. The normalized spacial score (nSPS) is 11.7. The lowest BCUT2D eigenvalue weighted by atomic mass is 10.2. The topological polar surface area (TPSA) is 55.1 Å². The van der Waals surface area contributed by atoms with Crippen LogP contribution in [0, 0.1) is 13.8 Å². The summed E-state index contributed by atoms with van der Waals surface area (Å²) in [7, 11) is 0. The number of thioether (sulfide) groups is 1. The van der Waals surface area contributed by atoms with Gasteiger partial charge in [-0.15, -0.1) is 11.3 Å². The van der Waals surface area contributed by atoms with Crippen molar-refractivity contribution in [3.8, 4) is 0 Å². The summed E-state index contributed by atoms with van der Waals surface area (Å²) in [6.07, 6.45) is 1.72. The molecule has 2 rings (SSSR count). The lowest BCUT2D eigenvalue weighted by Crippen LogP contribution is -2.25. The van der Waals surface area contributed by atoms with Gasteiger partial charge < -0.3 is 5.11 Å². The van der Waals surface area contributed by atoms with Crippen LogP contribution in [-0.2, 0) is 0 Å². The van der Waals surface area contributed by atoms with Crippen LogP contribution < -0.4 is 5.56 Å². The molecule has 116 valence electrons. The Balaban J connectivity index is 2.48. The lowest BCUT2D eigenvalue weighted by molar-refractivity contribution is 0.287. The van der Waals surface area contributed by atoms with Crippen LogP contribution in [0.25, 0.3) is 10.2 Å². The Morgan fingerprint density at radius 2 is 2.05 bits per heavy atom. The van der Waals surface area contributed by atoms with Crippen molar-refractivity contribution >= 4 is 33.3 Å². The van der Waals surface area contributed by atoms with Gasteiger partial charge in [0.15, 0.2) is 5.16 Å². The Hall–Kier alpha value is -0.850. The molecule has 0 radical (unpaired) electrons. The van der Waals surface area contributed by atoms with Crippen molar-refractivity contribution in [1.29, 1.82) is 0 Å². The molecule has 0 amide bonds. The van der Waals surface area contributed by atoms with Gasteiger partial charge in [-0.1, -0.05) is 11.8 Å². The van der Waals surface area contributed by atoms with Crippen LogP contribution >= 0.6 is 23.1 Å². The van der Waals surface area contributed by atoms with Crippen molar-refractivity contribution < 1.29 is 5.11 Å². The van der Waals surface area contributed by atoms with Gasteiger partial charge in [-0.25, -0.2) is 4.98 Å². The van der Waals surface area contributed by atoms with Crippen LogP contribution in [0.15, 0.2) is 9.95 Å². The molecule has 0 aliphatic rings. The monoisotopic (exact) mass is 326 g/mol. The first-order valence-corrected chi connectivity index (χ1v) is 9.03. The van der Waals surface area contributed by atoms with Crippen molar-refractivity contribution in [3.63, 3.8) is 0 Å². The number of rotatable bonds is 6. The zero-order chi connectivity index (χ0) is 15.6. The minimum Gasteiger partial charge on any atom is -0.396 e. The number of aryl methyl sites for hydroxylation is 2. The third-order valence-electron chi connectivity index (χ3n) is 3.50. The molecule has 2 aromatic rings. The zero-order valence-electron chi connectivity index (χ0n) is 13.0. The second-order valence-electron chi connectivity index (χ2n) is 5.41. The molecular formula is C15H22N2O2S2. The summed E-state index contributed by atoms with van der Waals surface area (Å²) in [5.41, 5.74) is 1.13. The first kappa shape index (κ1) is 16.5. The first-order chi connectivity index (χ1) is 9.97. The van der Waals surface area contributed by atoms with E-state index >= 15 is 0 Å². The number of aromatic nitrogens is 2. The fraction of sp³-hybridized carbons (Fsp3) is 0.600. The molecule has 0 aromatic carbocycles. The summed E-state index contributed by atoms with van der Waals surface area (Å²) in [4.78, 5) is 19.5. The Morgan fingerprint density at radius 3 is 2.67 bits per heavy atom. The van der Waals surface area contributed by atoms with Crippen LogP contribution in [0.4, 0.5) is 0 Å². The van der Waals surface area contributed by atoms with Crippen LogP contribution in [-0.4, -0.2) is 27.0 Å². The first-order valence-electron chi connectivity index (χ1n) is 7.23. The Labute approximate surface area is 133 Å². The average molecular weight is 326 g/mol. The molecule has 0 unspecified atom stereocenters.